The summed E-state index contributed by atoms with van der Waals surface area (Å²) < 4.78 is 5.32. The van der Waals surface area contributed by atoms with E-state index in [0.717, 1.165) is 22.2 Å². The fourth-order valence-corrected chi connectivity index (χ4v) is 3.92. The first-order valence-electron chi connectivity index (χ1n) is 9.64. The number of hydrogen-bond donors (Lipinski definition) is 2. The number of nitrogens with zero attached hydrogens (tertiary/aromatic N) is 1. The van der Waals surface area contributed by atoms with Gasteiger partial charge in [-0.3, -0.25) is 4.79 Å². The second-order valence-corrected chi connectivity index (χ2v) is 7.44. The second-order valence-electron chi connectivity index (χ2n) is 7.00. The maximum atomic E-state index is 12.9. The highest BCUT2D eigenvalue weighted by atomic mass is 35.5. The molecule has 0 saturated heterocycles. The van der Waals surface area contributed by atoms with Gasteiger partial charge in [-0.15, -0.1) is 0 Å². The van der Waals surface area contributed by atoms with E-state index in [9.17, 15) is 9.59 Å². The largest absolute Gasteiger partial charge is 0.465 e. The average molecular weight is 412 g/mol. The zero-order valence-electron chi connectivity index (χ0n) is 16.1. The number of aromatic amines is 1. The Labute approximate surface area is 173 Å². The summed E-state index contributed by atoms with van der Waals surface area (Å²) in [5, 5.41) is 4.56. The van der Waals surface area contributed by atoms with Crippen LogP contribution in [-0.2, 0) is 16.0 Å². The van der Waals surface area contributed by atoms with Crippen LogP contribution in [0.4, 0.5) is 10.5 Å². The number of fused-ring (bicyclic) bond motifs is 3. The number of esters is 1. The van der Waals surface area contributed by atoms with Crippen LogP contribution < -0.4 is 5.32 Å². The Morgan fingerprint density at radius 3 is 2.72 bits per heavy atom. The molecule has 4 rings (SSSR count). The number of rotatable bonds is 3. The number of hydrogen-bond acceptors (Lipinski definition) is 3. The molecule has 2 aromatic carbocycles. The Balaban J connectivity index is 1.63. The molecule has 2 amide bonds. The van der Waals surface area contributed by atoms with Gasteiger partial charge < -0.3 is 19.9 Å². The van der Waals surface area contributed by atoms with E-state index in [-0.39, 0.29) is 18.5 Å². The monoisotopic (exact) mass is 411 g/mol. The summed E-state index contributed by atoms with van der Waals surface area (Å²) >= 11 is 5.91. The van der Waals surface area contributed by atoms with Crippen LogP contribution in [0.1, 0.15) is 24.1 Å². The van der Waals surface area contributed by atoms with Gasteiger partial charge in [-0.05, 0) is 49.2 Å². The number of halogens is 1. The van der Waals surface area contributed by atoms with Gasteiger partial charge in [0.25, 0.3) is 0 Å². The van der Waals surface area contributed by atoms with Crippen LogP contribution in [-0.4, -0.2) is 41.6 Å². The van der Waals surface area contributed by atoms with Crippen molar-refractivity contribution in [3.05, 3.63) is 64.8 Å². The lowest BCUT2D eigenvalue weighted by Gasteiger charge is -2.24. The van der Waals surface area contributed by atoms with Crippen molar-refractivity contribution in [1.29, 1.82) is 0 Å². The Bertz CT molecular complexity index is 1050. The Kier molecular flexibility index (Phi) is 5.45. The van der Waals surface area contributed by atoms with Crippen molar-refractivity contribution in [2.45, 2.75) is 19.3 Å². The minimum Gasteiger partial charge on any atom is -0.465 e. The molecule has 2 N–H and O–H groups in total. The molecule has 7 heteroatoms. The van der Waals surface area contributed by atoms with Crippen LogP contribution in [0.2, 0.25) is 5.02 Å². The number of nitrogens with one attached hydrogen (secondary N) is 2. The molecule has 1 aliphatic heterocycles. The number of carbonyl (C=O) groups is 2. The predicted octanol–water partition coefficient (Wildman–Crippen LogP) is 4.56. The molecule has 2 heterocycles. The van der Waals surface area contributed by atoms with Crippen molar-refractivity contribution in [3.8, 4) is 0 Å². The third-order valence-corrected chi connectivity index (χ3v) is 5.44. The molecule has 1 atom stereocenters. The van der Waals surface area contributed by atoms with Crippen LogP contribution in [0.15, 0.2) is 48.5 Å². The van der Waals surface area contributed by atoms with E-state index in [0.29, 0.717) is 30.3 Å². The van der Waals surface area contributed by atoms with Crippen LogP contribution in [0.3, 0.4) is 0 Å². The van der Waals surface area contributed by atoms with Crippen molar-refractivity contribution in [2.24, 2.45) is 0 Å². The fraction of sp³-hybridized carbons (Fsp3) is 0.273. The van der Waals surface area contributed by atoms with E-state index in [1.165, 1.54) is 0 Å². The van der Waals surface area contributed by atoms with E-state index < -0.39 is 5.92 Å². The lowest BCUT2D eigenvalue weighted by Crippen LogP contribution is -2.39. The highest BCUT2D eigenvalue weighted by molar-refractivity contribution is 6.30. The first kappa shape index (κ1) is 19.3. The van der Waals surface area contributed by atoms with Crippen LogP contribution in [0.25, 0.3) is 10.9 Å². The molecule has 6 nitrogen and oxygen atoms in total. The zero-order chi connectivity index (χ0) is 20.4. The summed E-state index contributed by atoms with van der Waals surface area (Å²) in [6, 6.07) is 14.7. The molecular weight excluding hydrogens is 390 g/mol. The number of anilines is 1. The van der Waals surface area contributed by atoms with Crippen LogP contribution in [0, 0.1) is 0 Å². The summed E-state index contributed by atoms with van der Waals surface area (Å²) in [5.41, 5.74) is 3.55. The standard InChI is InChI=1S/C22H22ClN3O3/c1-2-29-21(27)18-13-26(22(28)24-15-9-7-14(23)8-10-15)12-11-17-16-5-3-4-6-19(16)25-20(17)18/h3-10,18,25H,2,11-13H2,1H3,(H,24,28). The lowest BCUT2D eigenvalue weighted by molar-refractivity contribution is -0.145. The van der Waals surface area contributed by atoms with E-state index in [2.05, 4.69) is 10.3 Å². The molecule has 29 heavy (non-hydrogen) atoms. The lowest BCUT2D eigenvalue weighted by atomic mass is 10.00. The van der Waals surface area contributed by atoms with E-state index in [1.807, 2.05) is 24.3 Å². The molecule has 150 valence electrons. The molecule has 1 aromatic heterocycles. The van der Waals surface area contributed by atoms with Gasteiger partial charge in [-0.2, -0.15) is 0 Å². The third-order valence-electron chi connectivity index (χ3n) is 5.18. The molecule has 0 aliphatic carbocycles. The molecule has 0 saturated carbocycles. The van der Waals surface area contributed by atoms with Gasteiger partial charge in [-0.1, -0.05) is 29.8 Å². The van der Waals surface area contributed by atoms with Gasteiger partial charge in [-0.25, -0.2) is 4.79 Å². The molecule has 1 unspecified atom stereocenters. The molecular formula is C22H22ClN3O3. The zero-order valence-corrected chi connectivity index (χ0v) is 16.8. The SMILES string of the molecule is CCOC(=O)C1CN(C(=O)Nc2ccc(Cl)cc2)CCc2c1[nH]c1ccccc21. The highest BCUT2D eigenvalue weighted by Gasteiger charge is 2.34. The van der Waals surface area contributed by atoms with E-state index in [1.54, 1.807) is 36.1 Å². The summed E-state index contributed by atoms with van der Waals surface area (Å²) in [5.74, 6) is -0.887. The van der Waals surface area contributed by atoms with Gasteiger partial charge in [0.05, 0.1) is 6.61 Å². The second kappa shape index (κ2) is 8.17. The number of amides is 2. The molecule has 0 fully saturated rings. The number of H-pyrrole nitrogens is 1. The number of ether oxygens (including phenoxy) is 1. The van der Waals surface area contributed by atoms with E-state index in [4.69, 9.17) is 16.3 Å². The Hall–Kier alpha value is -2.99. The maximum absolute atomic E-state index is 12.9. The van der Waals surface area contributed by atoms with Gasteiger partial charge >= 0.3 is 12.0 Å². The summed E-state index contributed by atoms with van der Waals surface area (Å²) in [6.45, 7) is 2.83. The van der Waals surface area contributed by atoms with Crippen molar-refractivity contribution in [3.63, 3.8) is 0 Å². The topological polar surface area (TPSA) is 74.4 Å². The quantitative estimate of drug-likeness (QED) is 0.620. The van der Waals surface area contributed by atoms with Gasteiger partial charge in [0, 0.05) is 40.4 Å². The smallest absolute Gasteiger partial charge is 0.321 e. The molecule has 0 radical (unpaired) electrons. The van der Waals surface area contributed by atoms with E-state index >= 15 is 0 Å². The number of para-hydroxylation sites is 1. The fourth-order valence-electron chi connectivity index (χ4n) is 3.79. The van der Waals surface area contributed by atoms with Gasteiger partial charge in [0.1, 0.15) is 5.92 Å². The summed E-state index contributed by atoms with van der Waals surface area (Å²) in [4.78, 5) is 30.7. The summed E-state index contributed by atoms with van der Waals surface area (Å²) in [6.07, 6.45) is 0.656. The maximum Gasteiger partial charge on any atom is 0.321 e. The highest BCUT2D eigenvalue weighted by Crippen LogP contribution is 2.32. The summed E-state index contributed by atoms with van der Waals surface area (Å²) in [7, 11) is 0. The molecule has 3 aromatic rings. The molecule has 1 aliphatic rings. The van der Waals surface area contributed by atoms with Gasteiger partial charge in [0.15, 0.2) is 0 Å². The first-order chi connectivity index (χ1) is 14.1. The van der Waals surface area contributed by atoms with Crippen molar-refractivity contribution < 1.29 is 14.3 Å². The predicted molar refractivity (Wildman–Crippen MR) is 113 cm³/mol. The number of carbonyl (C=O) groups excluding carboxylic acids is 2. The number of urea groups is 1. The van der Waals surface area contributed by atoms with Crippen molar-refractivity contribution in [2.75, 3.05) is 25.0 Å². The molecule has 0 spiro atoms. The van der Waals surface area contributed by atoms with Crippen LogP contribution >= 0.6 is 11.6 Å². The number of benzene rings is 2. The molecule has 0 bridgehead atoms. The van der Waals surface area contributed by atoms with Crippen molar-refractivity contribution >= 4 is 40.2 Å². The van der Waals surface area contributed by atoms with Crippen molar-refractivity contribution in [1.82, 2.24) is 9.88 Å². The minimum atomic E-state index is -0.559. The number of aromatic nitrogens is 1. The minimum absolute atomic E-state index is 0.248. The average Bonchev–Trinajstić information content (AvgIpc) is 2.97. The third kappa shape index (κ3) is 3.93. The Morgan fingerprint density at radius 2 is 1.97 bits per heavy atom. The van der Waals surface area contributed by atoms with Gasteiger partial charge in [0.2, 0.25) is 0 Å². The first-order valence-corrected chi connectivity index (χ1v) is 10.0. The Morgan fingerprint density at radius 1 is 1.21 bits per heavy atom. The normalized spacial score (nSPS) is 16.2. The van der Waals surface area contributed by atoms with Crippen LogP contribution in [0.5, 0.6) is 0 Å².